The van der Waals surface area contributed by atoms with Crippen molar-refractivity contribution in [2.24, 2.45) is 0 Å². The standard InChI is InChI=1S/C25H30N2O6/c1-2-17(15-24(29)30)27-23(28)11-13-32-14-12-26-25(31)33-16-22-20-9-5-3-7-18(20)19-8-4-6-10-21(19)22/h3-10,17,22H,2,11-16H2,1H3,(H,26,31)(H,27,28)(H,29,30)/t17-/m0/s1. The first-order valence-corrected chi connectivity index (χ1v) is 11.2. The lowest BCUT2D eigenvalue weighted by Gasteiger charge is -2.15. The highest BCUT2D eigenvalue weighted by atomic mass is 16.5. The molecule has 0 bridgehead atoms. The lowest BCUT2D eigenvalue weighted by Crippen LogP contribution is -2.36. The highest BCUT2D eigenvalue weighted by molar-refractivity contribution is 5.79. The molecule has 0 aromatic heterocycles. The summed E-state index contributed by atoms with van der Waals surface area (Å²) in [6.07, 6.45) is 0.0506. The first-order chi connectivity index (χ1) is 16.0. The van der Waals surface area contributed by atoms with Crippen molar-refractivity contribution >= 4 is 18.0 Å². The third kappa shape index (κ3) is 6.79. The molecule has 1 aliphatic rings. The molecule has 0 spiro atoms. The molecular formula is C25H30N2O6. The van der Waals surface area contributed by atoms with E-state index in [-0.39, 0.29) is 57.1 Å². The maximum absolute atomic E-state index is 12.1. The van der Waals surface area contributed by atoms with Gasteiger partial charge in [-0.25, -0.2) is 4.79 Å². The van der Waals surface area contributed by atoms with Crippen LogP contribution in [-0.2, 0) is 19.1 Å². The van der Waals surface area contributed by atoms with Gasteiger partial charge in [-0.15, -0.1) is 0 Å². The average Bonchev–Trinajstić information content (AvgIpc) is 3.13. The molecule has 1 atom stereocenters. The summed E-state index contributed by atoms with van der Waals surface area (Å²) in [5, 5.41) is 14.1. The highest BCUT2D eigenvalue weighted by Gasteiger charge is 2.28. The number of aliphatic carboxylic acids is 1. The Morgan fingerprint density at radius 3 is 2.24 bits per heavy atom. The third-order valence-electron chi connectivity index (χ3n) is 5.61. The van der Waals surface area contributed by atoms with Crippen LogP contribution in [0.5, 0.6) is 0 Å². The number of carbonyl (C=O) groups excluding carboxylic acids is 2. The van der Waals surface area contributed by atoms with Crippen molar-refractivity contribution in [3.8, 4) is 11.1 Å². The second-order valence-corrected chi connectivity index (χ2v) is 7.89. The van der Waals surface area contributed by atoms with E-state index in [1.807, 2.05) is 31.2 Å². The van der Waals surface area contributed by atoms with Crippen LogP contribution in [0.4, 0.5) is 4.79 Å². The molecule has 2 aromatic carbocycles. The number of carboxylic acids is 1. The fourth-order valence-electron chi connectivity index (χ4n) is 3.95. The van der Waals surface area contributed by atoms with Gasteiger partial charge in [-0.1, -0.05) is 55.5 Å². The Hall–Kier alpha value is -3.39. The minimum Gasteiger partial charge on any atom is -0.481 e. The molecule has 0 heterocycles. The van der Waals surface area contributed by atoms with E-state index in [9.17, 15) is 14.4 Å². The molecule has 33 heavy (non-hydrogen) atoms. The summed E-state index contributed by atoms with van der Waals surface area (Å²) >= 11 is 0. The molecule has 8 heteroatoms. The summed E-state index contributed by atoms with van der Waals surface area (Å²) in [4.78, 5) is 34.7. The van der Waals surface area contributed by atoms with E-state index >= 15 is 0 Å². The fourth-order valence-corrected chi connectivity index (χ4v) is 3.95. The number of benzene rings is 2. The zero-order chi connectivity index (χ0) is 23.6. The number of carbonyl (C=O) groups is 3. The molecule has 176 valence electrons. The van der Waals surface area contributed by atoms with Crippen LogP contribution < -0.4 is 10.6 Å². The van der Waals surface area contributed by atoms with Crippen LogP contribution in [0, 0.1) is 0 Å². The molecule has 3 N–H and O–H groups in total. The first kappa shape index (κ1) is 24.3. The Bertz CT molecular complexity index is 931. The van der Waals surface area contributed by atoms with E-state index in [1.54, 1.807) is 0 Å². The largest absolute Gasteiger partial charge is 0.481 e. The molecule has 3 rings (SSSR count). The van der Waals surface area contributed by atoms with Crippen LogP contribution in [0.2, 0.25) is 0 Å². The molecule has 2 amide bonds. The quantitative estimate of drug-likeness (QED) is 0.424. The van der Waals surface area contributed by atoms with Gasteiger partial charge in [-0.2, -0.15) is 0 Å². The summed E-state index contributed by atoms with van der Waals surface area (Å²) in [5.41, 5.74) is 4.66. The molecule has 2 aromatic rings. The molecule has 0 saturated carbocycles. The maximum atomic E-state index is 12.1. The van der Waals surface area contributed by atoms with Crippen LogP contribution in [0.15, 0.2) is 48.5 Å². The van der Waals surface area contributed by atoms with Crippen LogP contribution >= 0.6 is 0 Å². The zero-order valence-corrected chi connectivity index (χ0v) is 18.7. The summed E-state index contributed by atoms with van der Waals surface area (Å²) < 4.78 is 10.8. The third-order valence-corrected chi connectivity index (χ3v) is 5.61. The fraction of sp³-hybridized carbons (Fsp3) is 0.400. The second kappa shape index (κ2) is 12.0. The normalized spacial score (nSPS) is 13.0. The van der Waals surface area contributed by atoms with E-state index in [2.05, 4.69) is 34.9 Å². The van der Waals surface area contributed by atoms with Gasteiger partial charge >= 0.3 is 12.1 Å². The van der Waals surface area contributed by atoms with E-state index < -0.39 is 12.1 Å². The molecule has 0 radical (unpaired) electrons. The van der Waals surface area contributed by atoms with Crippen molar-refractivity contribution in [2.75, 3.05) is 26.4 Å². The van der Waals surface area contributed by atoms with Crippen molar-refractivity contribution in [1.82, 2.24) is 10.6 Å². The second-order valence-electron chi connectivity index (χ2n) is 7.89. The summed E-state index contributed by atoms with van der Waals surface area (Å²) in [6, 6.07) is 15.9. The highest BCUT2D eigenvalue weighted by Crippen LogP contribution is 2.44. The number of ether oxygens (including phenoxy) is 2. The number of nitrogens with one attached hydrogen (secondary N) is 2. The Labute approximate surface area is 193 Å². The van der Waals surface area contributed by atoms with Gasteiger partial charge in [0.1, 0.15) is 6.61 Å². The summed E-state index contributed by atoms with van der Waals surface area (Å²) in [6.45, 7) is 2.75. The Morgan fingerprint density at radius 2 is 1.64 bits per heavy atom. The Kier molecular flexibility index (Phi) is 8.83. The molecule has 0 unspecified atom stereocenters. The maximum Gasteiger partial charge on any atom is 0.407 e. The van der Waals surface area contributed by atoms with Crippen LogP contribution in [0.1, 0.15) is 43.2 Å². The summed E-state index contributed by atoms with van der Waals surface area (Å²) in [5.74, 6) is -1.20. The molecular weight excluding hydrogens is 424 g/mol. The molecule has 0 aliphatic heterocycles. The number of rotatable bonds is 12. The van der Waals surface area contributed by atoms with E-state index in [0.717, 1.165) is 11.1 Å². The lowest BCUT2D eigenvalue weighted by atomic mass is 9.98. The van der Waals surface area contributed by atoms with Gasteiger partial charge in [0.05, 0.1) is 19.6 Å². The van der Waals surface area contributed by atoms with Crippen molar-refractivity contribution < 1.29 is 29.0 Å². The van der Waals surface area contributed by atoms with Gasteiger partial charge in [0, 0.05) is 24.9 Å². The van der Waals surface area contributed by atoms with Crippen LogP contribution in [-0.4, -0.2) is 55.5 Å². The SMILES string of the molecule is CC[C@@H](CC(=O)O)NC(=O)CCOCCNC(=O)OCC1c2ccccc2-c2ccccc21. The van der Waals surface area contributed by atoms with E-state index in [1.165, 1.54) is 11.1 Å². The monoisotopic (exact) mass is 454 g/mol. The van der Waals surface area contributed by atoms with Gasteiger partial charge in [0.2, 0.25) is 5.91 Å². The number of amides is 2. The number of carboxylic acid groups (broad SMARTS) is 1. The smallest absolute Gasteiger partial charge is 0.407 e. The molecule has 0 fully saturated rings. The number of fused-ring (bicyclic) bond motifs is 3. The number of hydrogen-bond donors (Lipinski definition) is 3. The molecule has 8 nitrogen and oxygen atoms in total. The van der Waals surface area contributed by atoms with Crippen molar-refractivity contribution in [1.29, 1.82) is 0 Å². The van der Waals surface area contributed by atoms with E-state index in [0.29, 0.717) is 6.42 Å². The summed E-state index contributed by atoms with van der Waals surface area (Å²) in [7, 11) is 0. The number of alkyl carbamates (subject to hydrolysis) is 1. The topological polar surface area (TPSA) is 114 Å². The van der Waals surface area contributed by atoms with Crippen LogP contribution in [0.3, 0.4) is 0 Å². The molecule has 1 aliphatic carbocycles. The predicted octanol–water partition coefficient (Wildman–Crippen LogP) is 3.30. The van der Waals surface area contributed by atoms with Crippen molar-refractivity contribution in [3.05, 3.63) is 59.7 Å². The van der Waals surface area contributed by atoms with Crippen molar-refractivity contribution in [2.45, 2.75) is 38.1 Å². The predicted molar refractivity (Wildman–Crippen MR) is 123 cm³/mol. The average molecular weight is 455 g/mol. The minimum absolute atomic E-state index is 0.00554. The minimum atomic E-state index is -0.947. The lowest BCUT2D eigenvalue weighted by molar-refractivity contribution is -0.137. The van der Waals surface area contributed by atoms with Crippen molar-refractivity contribution in [3.63, 3.8) is 0 Å². The molecule has 0 saturated heterocycles. The van der Waals surface area contributed by atoms with Gasteiger partial charge in [0.15, 0.2) is 0 Å². The van der Waals surface area contributed by atoms with E-state index in [4.69, 9.17) is 14.6 Å². The van der Waals surface area contributed by atoms with Gasteiger partial charge in [-0.05, 0) is 28.7 Å². The van der Waals surface area contributed by atoms with Gasteiger partial charge in [-0.3, -0.25) is 9.59 Å². The van der Waals surface area contributed by atoms with Gasteiger partial charge < -0.3 is 25.2 Å². The van der Waals surface area contributed by atoms with Gasteiger partial charge in [0.25, 0.3) is 0 Å². The number of hydrogen-bond acceptors (Lipinski definition) is 5. The zero-order valence-electron chi connectivity index (χ0n) is 18.7. The Balaban J connectivity index is 1.33. The first-order valence-electron chi connectivity index (χ1n) is 11.2. The Morgan fingerprint density at radius 1 is 1.00 bits per heavy atom. The van der Waals surface area contributed by atoms with Crippen LogP contribution in [0.25, 0.3) is 11.1 Å².